The fourth-order valence-electron chi connectivity index (χ4n) is 3.24. The molecule has 0 aromatic rings. The van der Waals surface area contributed by atoms with E-state index in [1.54, 1.807) is 0 Å². The molecule has 1 aliphatic heterocycles. The number of hydrogen-bond acceptors (Lipinski definition) is 2. The second-order valence-corrected chi connectivity index (χ2v) is 7.11. The highest BCUT2D eigenvalue weighted by atomic mass is 15.3. The third kappa shape index (κ3) is 5.07. The summed E-state index contributed by atoms with van der Waals surface area (Å²) >= 11 is 0. The van der Waals surface area contributed by atoms with Gasteiger partial charge in [-0.1, -0.05) is 53.9 Å². The predicted molar refractivity (Wildman–Crippen MR) is 85.6 cm³/mol. The van der Waals surface area contributed by atoms with Gasteiger partial charge in [0.15, 0.2) is 0 Å². The smallest absolute Gasteiger partial charge is 0.0247 e. The van der Waals surface area contributed by atoms with Crippen LogP contribution in [-0.4, -0.2) is 36.1 Å². The molecule has 0 aliphatic carbocycles. The van der Waals surface area contributed by atoms with Crippen molar-refractivity contribution in [3.05, 3.63) is 0 Å². The molecule has 1 rings (SSSR count). The molecule has 1 saturated heterocycles. The van der Waals surface area contributed by atoms with Crippen molar-refractivity contribution in [1.82, 2.24) is 10.2 Å². The van der Waals surface area contributed by atoms with Gasteiger partial charge in [-0.15, -0.1) is 0 Å². The molecule has 2 nitrogen and oxygen atoms in total. The second-order valence-electron chi connectivity index (χ2n) is 7.11. The molecule has 3 unspecified atom stereocenters. The number of nitrogens with one attached hydrogen (secondary N) is 1. The van der Waals surface area contributed by atoms with E-state index in [1.807, 2.05) is 0 Å². The van der Waals surface area contributed by atoms with Crippen LogP contribution in [0.25, 0.3) is 0 Å². The summed E-state index contributed by atoms with van der Waals surface area (Å²) in [5.41, 5.74) is 0. The summed E-state index contributed by atoms with van der Waals surface area (Å²) in [6.45, 7) is 16.5. The van der Waals surface area contributed by atoms with Crippen molar-refractivity contribution in [2.24, 2.45) is 11.8 Å². The molecular weight excluding hydrogens is 232 g/mol. The van der Waals surface area contributed by atoms with Gasteiger partial charge >= 0.3 is 0 Å². The van der Waals surface area contributed by atoms with Crippen molar-refractivity contribution in [3.8, 4) is 0 Å². The zero-order chi connectivity index (χ0) is 14.4. The third-order valence-corrected chi connectivity index (χ3v) is 4.79. The Morgan fingerprint density at radius 3 is 2.26 bits per heavy atom. The molecule has 0 spiro atoms. The van der Waals surface area contributed by atoms with Crippen LogP contribution in [0.3, 0.4) is 0 Å². The average Bonchev–Trinajstić information content (AvgIpc) is 2.37. The van der Waals surface area contributed by atoms with Crippen LogP contribution >= 0.6 is 0 Å². The van der Waals surface area contributed by atoms with E-state index in [0.717, 1.165) is 17.9 Å². The minimum Gasteiger partial charge on any atom is -0.311 e. The van der Waals surface area contributed by atoms with Gasteiger partial charge in [-0.3, -0.25) is 4.90 Å². The molecule has 19 heavy (non-hydrogen) atoms. The SMILES string of the molecule is CCCCCC(C)N1CC(C(C)C)NCC1C(C)C. The fraction of sp³-hybridized carbons (Fsp3) is 1.00. The quantitative estimate of drug-likeness (QED) is 0.704. The van der Waals surface area contributed by atoms with Crippen LogP contribution in [0.4, 0.5) is 0 Å². The number of unbranched alkanes of at least 4 members (excludes halogenated alkanes) is 2. The Hall–Kier alpha value is -0.0800. The molecule has 0 aromatic carbocycles. The highest BCUT2D eigenvalue weighted by molar-refractivity contribution is 4.91. The summed E-state index contributed by atoms with van der Waals surface area (Å²) in [6.07, 6.45) is 5.47. The normalized spacial score (nSPS) is 27.2. The minimum absolute atomic E-state index is 0.670. The number of piperazine rings is 1. The van der Waals surface area contributed by atoms with E-state index in [2.05, 4.69) is 51.8 Å². The molecule has 0 aromatic heterocycles. The summed E-state index contributed by atoms with van der Waals surface area (Å²) in [4.78, 5) is 2.79. The molecule has 1 heterocycles. The fourth-order valence-corrected chi connectivity index (χ4v) is 3.24. The third-order valence-electron chi connectivity index (χ3n) is 4.79. The lowest BCUT2D eigenvalue weighted by Gasteiger charge is -2.46. The lowest BCUT2D eigenvalue weighted by molar-refractivity contribution is 0.0477. The lowest BCUT2D eigenvalue weighted by atomic mass is 9.92. The number of hydrogen-bond donors (Lipinski definition) is 1. The molecule has 114 valence electrons. The highest BCUT2D eigenvalue weighted by Crippen LogP contribution is 2.23. The maximum Gasteiger partial charge on any atom is 0.0247 e. The van der Waals surface area contributed by atoms with Gasteiger partial charge in [-0.05, 0) is 25.2 Å². The summed E-state index contributed by atoms with van der Waals surface area (Å²) < 4.78 is 0. The molecule has 1 N–H and O–H groups in total. The Morgan fingerprint density at radius 1 is 1.05 bits per heavy atom. The van der Waals surface area contributed by atoms with Gasteiger partial charge in [-0.25, -0.2) is 0 Å². The summed E-state index contributed by atoms with van der Waals surface area (Å²) in [5.74, 6) is 1.48. The Morgan fingerprint density at radius 2 is 1.74 bits per heavy atom. The van der Waals surface area contributed by atoms with Crippen LogP contribution < -0.4 is 5.32 Å². The van der Waals surface area contributed by atoms with Gasteiger partial charge in [-0.2, -0.15) is 0 Å². The van der Waals surface area contributed by atoms with E-state index < -0.39 is 0 Å². The van der Waals surface area contributed by atoms with E-state index in [9.17, 15) is 0 Å². The Kier molecular flexibility index (Phi) is 7.38. The molecule has 0 amide bonds. The van der Waals surface area contributed by atoms with Crippen LogP contribution in [0.1, 0.15) is 67.2 Å². The van der Waals surface area contributed by atoms with Crippen molar-refractivity contribution in [2.75, 3.05) is 13.1 Å². The molecule has 0 bridgehead atoms. The first-order valence-corrected chi connectivity index (χ1v) is 8.46. The topological polar surface area (TPSA) is 15.3 Å². The van der Waals surface area contributed by atoms with Crippen molar-refractivity contribution in [3.63, 3.8) is 0 Å². The molecule has 2 heteroatoms. The zero-order valence-corrected chi connectivity index (χ0v) is 14.1. The van der Waals surface area contributed by atoms with Crippen LogP contribution in [0.15, 0.2) is 0 Å². The van der Waals surface area contributed by atoms with Crippen LogP contribution in [0.5, 0.6) is 0 Å². The van der Waals surface area contributed by atoms with Gasteiger partial charge < -0.3 is 5.32 Å². The Labute approximate surface area is 121 Å². The van der Waals surface area contributed by atoms with Gasteiger partial charge in [0, 0.05) is 31.2 Å². The van der Waals surface area contributed by atoms with Crippen molar-refractivity contribution in [2.45, 2.75) is 85.4 Å². The zero-order valence-electron chi connectivity index (χ0n) is 14.1. The number of rotatable bonds is 7. The second kappa shape index (κ2) is 8.26. The van der Waals surface area contributed by atoms with E-state index in [4.69, 9.17) is 0 Å². The van der Waals surface area contributed by atoms with Gasteiger partial charge in [0.05, 0.1) is 0 Å². The number of nitrogens with zero attached hydrogens (tertiary/aromatic N) is 1. The Bertz CT molecular complexity index is 237. The van der Waals surface area contributed by atoms with E-state index in [1.165, 1.54) is 38.8 Å². The van der Waals surface area contributed by atoms with Gasteiger partial charge in [0.25, 0.3) is 0 Å². The maximum absolute atomic E-state index is 3.76. The monoisotopic (exact) mass is 268 g/mol. The van der Waals surface area contributed by atoms with Crippen molar-refractivity contribution >= 4 is 0 Å². The first kappa shape index (κ1) is 17.0. The molecule has 0 radical (unpaired) electrons. The summed E-state index contributed by atoms with van der Waals surface area (Å²) in [6, 6.07) is 2.12. The largest absolute Gasteiger partial charge is 0.311 e. The van der Waals surface area contributed by atoms with Crippen LogP contribution in [0, 0.1) is 11.8 Å². The maximum atomic E-state index is 3.76. The van der Waals surface area contributed by atoms with Crippen molar-refractivity contribution < 1.29 is 0 Å². The van der Waals surface area contributed by atoms with E-state index in [0.29, 0.717) is 12.1 Å². The summed E-state index contributed by atoms with van der Waals surface area (Å²) in [5, 5.41) is 3.76. The van der Waals surface area contributed by atoms with Crippen molar-refractivity contribution in [1.29, 1.82) is 0 Å². The first-order chi connectivity index (χ1) is 8.97. The van der Waals surface area contributed by atoms with Crippen LogP contribution in [-0.2, 0) is 0 Å². The first-order valence-electron chi connectivity index (χ1n) is 8.46. The molecule has 1 aliphatic rings. The Balaban J connectivity index is 2.60. The predicted octanol–water partition coefficient (Wildman–Crippen LogP) is 3.91. The lowest BCUT2D eigenvalue weighted by Crippen LogP contribution is -2.61. The van der Waals surface area contributed by atoms with E-state index >= 15 is 0 Å². The van der Waals surface area contributed by atoms with Crippen LogP contribution in [0.2, 0.25) is 0 Å². The molecule has 3 atom stereocenters. The highest BCUT2D eigenvalue weighted by Gasteiger charge is 2.33. The standard InChI is InChI=1S/C17H36N2/c1-7-8-9-10-15(6)19-12-16(13(2)3)18-11-17(19)14(4)5/h13-18H,7-12H2,1-6H3. The molecule has 1 fully saturated rings. The molecule has 0 saturated carbocycles. The summed E-state index contributed by atoms with van der Waals surface area (Å²) in [7, 11) is 0. The minimum atomic E-state index is 0.670. The molecular formula is C17H36N2. The van der Waals surface area contributed by atoms with E-state index in [-0.39, 0.29) is 0 Å². The van der Waals surface area contributed by atoms with Gasteiger partial charge in [0.2, 0.25) is 0 Å². The average molecular weight is 268 g/mol. The van der Waals surface area contributed by atoms with Gasteiger partial charge in [0.1, 0.15) is 0 Å².